The number of rotatable bonds is 3. The highest BCUT2D eigenvalue weighted by Gasteiger charge is 2.29. The van der Waals surface area contributed by atoms with Gasteiger partial charge in [0.05, 0.1) is 12.3 Å². The first-order valence-electron chi connectivity index (χ1n) is 10.5. The molecule has 2 amide bonds. The Morgan fingerprint density at radius 2 is 1.90 bits per heavy atom. The maximum absolute atomic E-state index is 13.4. The molecule has 0 bridgehead atoms. The lowest BCUT2D eigenvalue weighted by Gasteiger charge is -2.26. The summed E-state index contributed by atoms with van der Waals surface area (Å²) < 4.78 is 23.7. The Balaban J connectivity index is 1.40. The fourth-order valence-electron chi connectivity index (χ4n) is 4.85. The van der Waals surface area contributed by atoms with Gasteiger partial charge in [-0.15, -0.1) is 0 Å². The zero-order chi connectivity index (χ0) is 20.2. The summed E-state index contributed by atoms with van der Waals surface area (Å²) in [6, 6.07) is 1.91. The van der Waals surface area contributed by atoms with Gasteiger partial charge in [-0.3, -0.25) is 8.93 Å². The van der Waals surface area contributed by atoms with E-state index in [4.69, 9.17) is 4.74 Å². The van der Waals surface area contributed by atoms with Crippen LogP contribution in [0, 0.1) is 0 Å². The third-order valence-electron chi connectivity index (χ3n) is 6.32. The summed E-state index contributed by atoms with van der Waals surface area (Å²) in [6.45, 7) is 2.71. The fraction of sp³-hybridized carbons (Fsp3) is 0.524. The second kappa shape index (κ2) is 6.86. The summed E-state index contributed by atoms with van der Waals surface area (Å²) in [5.41, 5.74) is 6.17. The highest BCUT2D eigenvalue weighted by atomic mass is 32.3. The number of hydrogen-bond donors (Lipinski definition) is 3. The second-order valence-corrected chi connectivity index (χ2v) is 11.1. The van der Waals surface area contributed by atoms with Crippen LogP contribution in [0.3, 0.4) is 0 Å². The van der Waals surface area contributed by atoms with Gasteiger partial charge in [0.2, 0.25) is 5.88 Å². The van der Waals surface area contributed by atoms with Crippen molar-refractivity contribution in [3.8, 4) is 5.88 Å². The van der Waals surface area contributed by atoms with Crippen LogP contribution in [-0.4, -0.2) is 32.4 Å². The molecule has 0 unspecified atom stereocenters. The van der Waals surface area contributed by atoms with Crippen LogP contribution in [0.15, 0.2) is 17.2 Å². The first-order chi connectivity index (χ1) is 13.9. The minimum Gasteiger partial charge on any atom is -0.474 e. The lowest BCUT2D eigenvalue weighted by molar-refractivity contribution is 0.144. The van der Waals surface area contributed by atoms with Crippen molar-refractivity contribution in [2.24, 2.45) is 0 Å². The van der Waals surface area contributed by atoms with Gasteiger partial charge in [0.25, 0.3) is 0 Å². The molecule has 1 aromatic carbocycles. The number of nitrogens with one attached hydrogen (secondary N) is 2. The van der Waals surface area contributed by atoms with Gasteiger partial charge in [0.15, 0.2) is 0 Å². The van der Waals surface area contributed by atoms with Crippen molar-refractivity contribution < 1.29 is 13.7 Å². The SMILES string of the molecule is C[C@H]1CCn2ncc([SH](C)(=O)NC(=O)Nc3c4c(cc5c3CCC5)CCC4)c2O1. The van der Waals surface area contributed by atoms with Crippen LogP contribution in [0.25, 0.3) is 0 Å². The Hall–Kier alpha value is -2.35. The summed E-state index contributed by atoms with van der Waals surface area (Å²) in [5, 5.41) is 7.35. The molecule has 2 heterocycles. The van der Waals surface area contributed by atoms with E-state index in [1.54, 1.807) is 17.1 Å². The zero-order valence-electron chi connectivity index (χ0n) is 17.0. The topological polar surface area (TPSA) is 85.2 Å². The Bertz CT molecular complexity index is 1010. The number of benzene rings is 1. The molecule has 5 rings (SSSR count). The number of anilines is 1. The van der Waals surface area contributed by atoms with Gasteiger partial charge in [-0.2, -0.15) is 5.10 Å². The number of carbonyl (C=O) groups excluding carboxylic acids is 1. The maximum Gasteiger partial charge on any atom is 0.329 e. The molecule has 0 radical (unpaired) electrons. The number of fused-ring (bicyclic) bond motifs is 3. The lowest BCUT2D eigenvalue weighted by atomic mass is 9.99. The monoisotopic (exact) mass is 416 g/mol. The van der Waals surface area contributed by atoms with Gasteiger partial charge >= 0.3 is 6.03 Å². The van der Waals surface area contributed by atoms with Crippen molar-refractivity contribution in [1.82, 2.24) is 14.5 Å². The van der Waals surface area contributed by atoms with Gasteiger partial charge in [-0.1, -0.05) is 6.07 Å². The molecule has 1 atom stereocenters. The van der Waals surface area contributed by atoms with Crippen molar-refractivity contribution >= 4 is 21.8 Å². The molecular weight excluding hydrogens is 388 g/mol. The largest absolute Gasteiger partial charge is 0.474 e. The van der Waals surface area contributed by atoms with Crippen LogP contribution in [0.2, 0.25) is 0 Å². The number of nitrogens with zero attached hydrogens (tertiary/aromatic N) is 2. The van der Waals surface area contributed by atoms with E-state index in [0.29, 0.717) is 10.8 Å². The third-order valence-corrected chi connectivity index (χ3v) is 8.18. The first-order valence-corrected chi connectivity index (χ1v) is 12.6. The van der Waals surface area contributed by atoms with Crippen molar-refractivity contribution in [3.05, 3.63) is 34.5 Å². The highest BCUT2D eigenvalue weighted by molar-refractivity contribution is 8.01. The van der Waals surface area contributed by atoms with Crippen LogP contribution >= 0.6 is 0 Å². The van der Waals surface area contributed by atoms with Crippen LogP contribution in [-0.2, 0) is 42.3 Å². The molecule has 0 saturated carbocycles. The Labute approximate surface area is 171 Å². The average molecular weight is 417 g/mol. The van der Waals surface area contributed by atoms with E-state index in [9.17, 15) is 9.00 Å². The number of aryl methyl sites for hydroxylation is 3. The van der Waals surface area contributed by atoms with Crippen LogP contribution in [0.4, 0.5) is 10.5 Å². The van der Waals surface area contributed by atoms with E-state index >= 15 is 0 Å². The normalized spacial score (nSPS) is 20.4. The fourth-order valence-corrected chi connectivity index (χ4v) is 6.22. The van der Waals surface area contributed by atoms with Gasteiger partial charge in [-0.05, 0) is 77.8 Å². The van der Waals surface area contributed by atoms with Crippen LogP contribution in [0.1, 0.15) is 48.4 Å². The molecule has 8 heteroatoms. The summed E-state index contributed by atoms with van der Waals surface area (Å²) in [5.74, 6) is 0.511. The van der Waals surface area contributed by atoms with Gasteiger partial charge in [0.1, 0.15) is 4.90 Å². The highest BCUT2D eigenvalue weighted by Crippen LogP contribution is 2.38. The molecule has 0 saturated heterocycles. The minimum absolute atomic E-state index is 0.0428. The average Bonchev–Trinajstić information content (AvgIpc) is 3.39. The predicted molar refractivity (Wildman–Crippen MR) is 113 cm³/mol. The summed E-state index contributed by atoms with van der Waals surface area (Å²) in [4.78, 5) is 13.4. The number of thiol groups is 1. The van der Waals surface area contributed by atoms with E-state index < -0.39 is 16.1 Å². The molecule has 3 aliphatic rings. The first kappa shape index (κ1) is 18.7. The number of urea groups is 1. The molecule has 156 valence electrons. The molecule has 0 fully saturated rings. The number of amides is 2. The number of aromatic nitrogens is 2. The standard InChI is InChI=1S/C21H28N4O3S/c1-13-9-10-25-20(28-13)18(12-22-25)29(2,27)24-21(26)23-19-16-7-3-5-14(16)11-15-6-4-8-17(15)19/h11-13,29H,3-10H2,1-2H3,(H2,23,24,26,27)/t13-/m0/s1. The molecule has 2 aromatic rings. The van der Waals surface area contributed by atoms with Crippen LogP contribution < -0.4 is 14.8 Å². The van der Waals surface area contributed by atoms with Gasteiger partial charge in [-0.25, -0.2) is 9.48 Å². The van der Waals surface area contributed by atoms with Crippen molar-refractivity contribution in [2.75, 3.05) is 11.6 Å². The Morgan fingerprint density at radius 3 is 2.59 bits per heavy atom. The molecule has 1 aliphatic heterocycles. The van der Waals surface area contributed by atoms with Crippen LogP contribution in [0.5, 0.6) is 5.88 Å². The van der Waals surface area contributed by atoms with Gasteiger partial charge in [0, 0.05) is 24.9 Å². The van der Waals surface area contributed by atoms with E-state index in [0.717, 1.165) is 57.2 Å². The molecule has 0 spiro atoms. The second-order valence-electron chi connectivity index (χ2n) is 8.50. The zero-order valence-corrected chi connectivity index (χ0v) is 17.8. The third kappa shape index (κ3) is 3.23. The summed E-state index contributed by atoms with van der Waals surface area (Å²) in [7, 11) is -3.19. The lowest BCUT2D eigenvalue weighted by Crippen LogP contribution is -2.39. The smallest absolute Gasteiger partial charge is 0.329 e. The van der Waals surface area contributed by atoms with E-state index in [1.165, 1.54) is 22.3 Å². The van der Waals surface area contributed by atoms with Crippen molar-refractivity contribution in [2.45, 2.75) is 69.4 Å². The Morgan fingerprint density at radius 1 is 1.21 bits per heavy atom. The number of carbonyl (C=O) groups is 1. The minimum atomic E-state index is -3.19. The molecule has 29 heavy (non-hydrogen) atoms. The predicted octanol–water partition coefficient (Wildman–Crippen LogP) is 2.77. The summed E-state index contributed by atoms with van der Waals surface area (Å²) >= 11 is 0. The number of hydrogen-bond acceptors (Lipinski definition) is 4. The van der Waals surface area contributed by atoms with Gasteiger partial charge < -0.3 is 10.1 Å². The molecular formula is C21H28N4O3S. The number of ether oxygens (including phenoxy) is 1. The molecule has 1 aromatic heterocycles. The molecule has 2 aliphatic carbocycles. The quantitative estimate of drug-likeness (QED) is 0.672. The molecule has 2 N–H and O–H groups in total. The van der Waals surface area contributed by atoms with E-state index in [-0.39, 0.29) is 6.10 Å². The Kier molecular flexibility index (Phi) is 4.42. The molecule has 7 nitrogen and oxygen atoms in total. The van der Waals surface area contributed by atoms with Crippen molar-refractivity contribution in [1.29, 1.82) is 0 Å². The summed E-state index contributed by atoms with van der Waals surface area (Å²) in [6.07, 6.45) is 10.4. The maximum atomic E-state index is 13.4. The van der Waals surface area contributed by atoms with Crippen molar-refractivity contribution in [3.63, 3.8) is 0 Å². The van der Waals surface area contributed by atoms with E-state index in [1.807, 2.05) is 6.92 Å². The van der Waals surface area contributed by atoms with E-state index in [2.05, 4.69) is 21.2 Å².